The Kier molecular flexibility index (Phi) is 4.66. The summed E-state index contributed by atoms with van der Waals surface area (Å²) in [5, 5.41) is 13.8. The van der Waals surface area contributed by atoms with Gasteiger partial charge in [-0.2, -0.15) is 0 Å². The maximum atomic E-state index is 14.9. The third kappa shape index (κ3) is 3.28. The van der Waals surface area contributed by atoms with E-state index in [9.17, 15) is 23.9 Å². The van der Waals surface area contributed by atoms with Crippen LogP contribution in [-0.2, 0) is 4.79 Å². The van der Waals surface area contributed by atoms with Crippen molar-refractivity contribution in [3.63, 3.8) is 0 Å². The molecule has 32 heavy (non-hydrogen) atoms. The molecule has 0 unspecified atom stereocenters. The first kappa shape index (κ1) is 19.8. The van der Waals surface area contributed by atoms with E-state index in [4.69, 9.17) is 4.42 Å². The van der Waals surface area contributed by atoms with E-state index in [1.807, 2.05) is 0 Å². The topological polar surface area (TPSA) is 143 Å². The van der Waals surface area contributed by atoms with E-state index in [1.54, 1.807) is 10.3 Å². The molecule has 0 bridgehead atoms. The van der Waals surface area contributed by atoms with Gasteiger partial charge in [-0.25, -0.2) is 24.1 Å². The number of nitrogens with one attached hydrogen (secondary N) is 1. The fraction of sp³-hybridized carbons (Fsp3) is 0.158. The van der Waals surface area contributed by atoms with E-state index in [1.165, 1.54) is 34.6 Å². The highest BCUT2D eigenvalue weighted by Crippen LogP contribution is 2.29. The monoisotopic (exact) mass is 456 g/mol. The van der Waals surface area contributed by atoms with Gasteiger partial charge in [-0.3, -0.25) is 19.5 Å². The highest BCUT2D eigenvalue weighted by Gasteiger charge is 2.36. The molecule has 0 aliphatic carbocycles. The Morgan fingerprint density at radius 3 is 2.75 bits per heavy atom. The Balaban J connectivity index is 1.50. The number of aromatic nitrogens is 4. The molecule has 5 rings (SSSR count). The second-order valence-electron chi connectivity index (χ2n) is 6.96. The number of aromatic carboxylic acids is 1. The molecule has 1 saturated heterocycles. The summed E-state index contributed by atoms with van der Waals surface area (Å²) >= 11 is 1.20. The molecule has 1 aliphatic rings. The van der Waals surface area contributed by atoms with Crippen molar-refractivity contribution in [3.05, 3.63) is 57.9 Å². The molecule has 13 heteroatoms. The van der Waals surface area contributed by atoms with Gasteiger partial charge < -0.3 is 14.4 Å². The molecule has 4 aromatic heterocycles. The van der Waals surface area contributed by atoms with Gasteiger partial charge in [-0.15, -0.1) is 11.3 Å². The van der Waals surface area contributed by atoms with Crippen LogP contribution in [0.15, 0.2) is 45.5 Å². The zero-order chi connectivity index (χ0) is 22.4. The fourth-order valence-electron chi connectivity index (χ4n) is 3.38. The standard InChI is InChI=1S/C19H13FN6O5S/c20-12-5-10-13(27)11(17(29)30)8-26(19-22-2-4-32-19)14(10)23-15(12)25-6-9(7-25)16(28)24-18-21-1-3-31-18/h1-5,8-9H,6-7H2,(H,29,30)(H,21,24,28). The van der Waals surface area contributed by atoms with Gasteiger partial charge in [0.05, 0.1) is 17.5 Å². The summed E-state index contributed by atoms with van der Waals surface area (Å²) in [5.41, 5.74) is -1.29. The Bertz CT molecular complexity index is 1400. The van der Waals surface area contributed by atoms with Crippen LogP contribution < -0.4 is 15.6 Å². The summed E-state index contributed by atoms with van der Waals surface area (Å²) in [5.74, 6) is -3.04. The number of carbonyl (C=O) groups excluding carboxylic acids is 1. The molecule has 5 heterocycles. The van der Waals surface area contributed by atoms with Crippen LogP contribution in [0.5, 0.6) is 0 Å². The van der Waals surface area contributed by atoms with Gasteiger partial charge in [0.1, 0.15) is 11.8 Å². The smallest absolute Gasteiger partial charge is 0.341 e. The van der Waals surface area contributed by atoms with Crippen LogP contribution >= 0.6 is 11.3 Å². The van der Waals surface area contributed by atoms with Gasteiger partial charge in [0.2, 0.25) is 11.3 Å². The maximum Gasteiger partial charge on any atom is 0.341 e. The summed E-state index contributed by atoms with van der Waals surface area (Å²) in [6.45, 7) is 0.382. The molecule has 2 N–H and O–H groups in total. The lowest BCUT2D eigenvalue weighted by Gasteiger charge is -2.39. The van der Waals surface area contributed by atoms with E-state index in [0.29, 0.717) is 5.13 Å². The Labute approximate surface area is 181 Å². The number of carbonyl (C=O) groups is 2. The average Bonchev–Trinajstić information content (AvgIpc) is 3.42. The van der Waals surface area contributed by atoms with Crippen LogP contribution in [0.25, 0.3) is 16.2 Å². The maximum absolute atomic E-state index is 14.9. The minimum atomic E-state index is -1.44. The van der Waals surface area contributed by atoms with E-state index in [-0.39, 0.29) is 41.9 Å². The van der Waals surface area contributed by atoms with Gasteiger partial charge in [0, 0.05) is 30.9 Å². The summed E-state index contributed by atoms with van der Waals surface area (Å²) in [6.07, 6.45) is 5.37. The van der Waals surface area contributed by atoms with Crippen molar-refractivity contribution in [2.75, 3.05) is 23.3 Å². The van der Waals surface area contributed by atoms with Gasteiger partial charge in [-0.1, -0.05) is 0 Å². The van der Waals surface area contributed by atoms with E-state index in [2.05, 4.69) is 20.3 Å². The number of carboxylic acids is 1. The molecule has 4 aromatic rings. The second kappa shape index (κ2) is 7.53. The number of hydrogen-bond donors (Lipinski definition) is 2. The van der Waals surface area contributed by atoms with Crippen molar-refractivity contribution in [2.45, 2.75) is 0 Å². The predicted octanol–water partition coefficient (Wildman–Crippen LogP) is 1.74. The average molecular weight is 456 g/mol. The Morgan fingerprint density at radius 1 is 1.28 bits per heavy atom. The molecule has 11 nitrogen and oxygen atoms in total. The largest absolute Gasteiger partial charge is 0.477 e. The number of fused-ring (bicyclic) bond motifs is 1. The number of oxazole rings is 1. The number of nitrogens with zero attached hydrogens (tertiary/aromatic N) is 5. The number of halogens is 1. The predicted molar refractivity (Wildman–Crippen MR) is 111 cm³/mol. The van der Waals surface area contributed by atoms with E-state index >= 15 is 0 Å². The van der Waals surface area contributed by atoms with Crippen LogP contribution in [-0.4, -0.2) is 49.6 Å². The Hall–Kier alpha value is -4.13. The first-order valence-corrected chi connectivity index (χ1v) is 10.1. The number of rotatable bonds is 5. The van der Waals surface area contributed by atoms with Gasteiger partial charge in [-0.05, 0) is 6.07 Å². The van der Waals surface area contributed by atoms with Crippen molar-refractivity contribution >= 4 is 46.1 Å². The van der Waals surface area contributed by atoms with Gasteiger partial charge >= 0.3 is 12.0 Å². The van der Waals surface area contributed by atoms with E-state index < -0.39 is 28.7 Å². The number of hydrogen-bond acceptors (Lipinski definition) is 9. The molecule has 162 valence electrons. The lowest BCUT2D eigenvalue weighted by atomic mass is 9.99. The molecule has 0 saturated carbocycles. The van der Waals surface area contributed by atoms with Gasteiger partial charge in [0.25, 0.3) is 0 Å². The molecular weight excluding hydrogens is 443 g/mol. The van der Waals surface area contributed by atoms with Crippen molar-refractivity contribution < 1.29 is 23.5 Å². The molecule has 1 amide bonds. The first-order valence-electron chi connectivity index (χ1n) is 9.26. The minimum absolute atomic E-state index is 0.0505. The van der Waals surface area contributed by atoms with Crippen LogP contribution in [0.1, 0.15) is 10.4 Å². The molecule has 0 atom stereocenters. The summed E-state index contributed by atoms with van der Waals surface area (Å²) in [7, 11) is 0. The summed E-state index contributed by atoms with van der Waals surface area (Å²) in [6, 6.07) is 1.04. The number of amides is 1. The molecule has 1 fully saturated rings. The molecular formula is C19H13FN6O5S. The zero-order valence-electron chi connectivity index (χ0n) is 16.1. The highest BCUT2D eigenvalue weighted by molar-refractivity contribution is 7.12. The highest BCUT2D eigenvalue weighted by atomic mass is 32.1. The van der Waals surface area contributed by atoms with E-state index in [0.717, 1.165) is 12.3 Å². The van der Waals surface area contributed by atoms with Crippen molar-refractivity contribution in [1.29, 1.82) is 0 Å². The quantitative estimate of drug-likeness (QED) is 0.459. The molecule has 0 spiro atoms. The van der Waals surface area contributed by atoms with Gasteiger partial charge in [0.15, 0.2) is 22.4 Å². The number of carboxylic acid groups (broad SMARTS) is 1. The zero-order valence-corrected chi connectivity index (χ0v) is 16.9. The van der Waals surface area contributed by atoms with Crippen molar-refractivity contribution in [2.24, 2.45) is 5.92 Å². The number of thiazole rings is 1. The lowest BCUT2D eigenvalue weighted by molar-refractivity contribution is -0.120. The van der Waals surface area contributed by atoms with Crippen LogP contribution in [0, 0.1) is 11.7 Å². The number of pyridine rings is 2. The lowest BCUT2D eigenvalue weighted by Crippen LogP contribution is -2.52. The summed E-state index contributed by atoms with van der Waals surface area (Å²) in [4.78, 5) is 50.2. The molecule has 0 aromatic carbocycles. The first-order chi connectivity index (χ1) is 15.4. The Morgan fingerprint density at radius 2 is 2.09 bits per heavy atom. The van der Waals surface area contributed by atoms with Crippen LogP contribution in [0.2, 0.25) is 0 Å². The SMILES string of the molecule is O=C(O)c1cn(-c2nccs2)c2nc(N3CC(C(=O)Nc4ncco4)C3)c(F)cc2c1=O. The second-order valence-corrected chi connectivity index (χ2v) is 7.83. The van der Waals surface area contributed by atoms with Crippen LogP contribution in [0.3, 0.4) is 0 Å². The number of anilines is 2. The minimum Gasteiger partial charge on any atom is -0.477 e. The third-order valence-corrected chi connectivity index (χ3v) is 5.75. The fourth-order valence-corrected chi connectivity index (χ4v) is 4.00. The molecule has 1 aliphatic heterocycles. The molecule has 0 radical (unpaired) electrons. The van der Waals surface area contributed by atoms with Crippen molar-refractivity contribution in [1.82, 2.24) is 19.5 Å². The van der Waals surface area contributed by atoms with Crippen LogP contribution in [0.4, 0.5) is 16.2 Å². The normalized spacial score (nSPS) is 13.8. The third-order valence-electron chi connectivity index (χ3n) is 4.98. The summed E-state index contributed by atoms with van der Waals surface area (Å²) < 4.78 is 21.2. The van der Waals surface area contributed by atoms with Crippen molar-refractivity contribution in [3.8, 4) is 5.13 Å².